The second-order valence-electron chi connectivity index (χ2n) is 2.73. The van der Waals surface area contributed by atoms with Crippen LogP contribution in [0.25, 0.3) is 0 Å². The van der Waals surface area contributed by atoms with Crippen LogP contribution in [0.1, 0.15) is 6.92 Å². The van der Waals surface area contributed by atoms with Gasteiger partial charge in [-0.15, -0.1) is 0 Å². The maximum Gasteiger partial charge on any atom is 0.144 e. The van der Waals surface area contributed by atoms with E-state index in [4.69, 9.17) is 0 Å². The Hall–Kier alpha value is -1.64. The molecule has 0 spiro atoms. The van der Waals surface area contributed by atoms with Crippen LogP contribution in [0.4, 0.5) is 0 Å². The van der Waals surface area contributed by atoms with Crippen molar-refractivity contribution in [1.29, 1.82) is 0 Å². The highest BCUT2D eigenvalue weighted by Crippen LogP contribution is 1.89. The molecule has 0 radical (unpaired) electrons. The van der Waals surface area contributed by atoms with Crippen LogP contribution in [-0.2, 0) is 11.8 Å². The Kier molecular flexibility index (Phi) is 3.20. The van der Waals surface area contributed by atoms with E-state index in [2.05, 4.69) is 4.99 Å². The van der Waals surface area contributed by atoms with Crippen molar-refractivity contribution in [3.05, 3.63) is 41.7 Å². The van der Waals surface area contributed by atoms with Gasteiger partial charge < -0.3 is 4.57 Å². The highest BCUT2D eigenvalue weighted by Gasteiger charge is 1.85. The Morgan fingerprint density at radius 2 is 2.31 bits per heavy atom. The summed E-state index contributed by atoms with van der Waals surface area (Å²) in [6, 6.07) is 5.73. The number of hydrogen-bond acceptors (Lipinski definition) is 2. The lowest BCUT2D eigenvalue weighted by molar-refractivity contribution is -0.104. The van der Waals surface area contributed by atoms with Gasteiger partial charge in [0.1, 0.15) is 11.8 Å². The average Bonchev–Trinajstić information content (AvgIpc) is 2.09. The van der Waals surface area contributed by atoms with E-state index in [1.807, 2.05) is 36.0 Å². The van der Waals surface area contributed by atoms with Crippen molar-refractivity contribution in [2.75, 3.05) is 0 Å². The summed E-state index contributed by atoms with van der Waals surface area (Å²) < 4.78 is 1.89. The molecular weight excluding hydrogens is 164 g/mol. The molecule has 13 heavy (non-hydrogen) atoms. The van der Waals surface area contributed by atoms with Crippen LogP contribution in [0.3, 0.4) is 0 Å². The molecule has 1 aromatic rings. The van der Waals surface area contributed by atoms with Gasteiger partial charge in [-0.25, -0.2) is 4.99 Å². The predicted molar refractivity (Wildman–Crippen MR) is 50.8 cm³/mol. The molecule has 3 heteroatoms. The third kappa shape index (κ3) is 2.71. The van der Waals surface area contributed by atoms with Gasteiger partial charge >= 0.3 is 0 Å². The normalized spacial score (nSPS) is 13.1. The fourth-order valence-corrected chi connectivity index (χ4v) is 0.947. The van der Waals surface area contributed by atoms with Crippen molar-refractivity contribution in [3.63, 3.8) is 0 Å². The molecule has 1 rings (SSSR count). The molecule has 68 valence electrons. The van der Waals surface area contributed by atoms with Crippen LogP contribution >= 0.6 is 0 Å². The molecule has 0 aliphatic heterocycles. The standard InChI is InChI=1S/C10H12N2O/c1-9(6-8-13)11-10-5-3-4-7-12(10)2/h3-8H,1-2H3/b9-6+,11-10?. The van der Waals surface area contributed by atoms with Gasteiger partial charge in [-0.2, -0.15) is 0 Å². The fraction of sp³-hybridized carbons (Fsp3) is 0.200. The van der Waals surface area contributed by atoms with Crippen LogP contribution in [0, 0.1) is 0 Å². The zero-order valence-corrected chi connectivity index (χ0v) is 7.77. The highest BCUT2D eigenvalue weighted by atomic mass is 16.1. The van der Waals surface area contributed by atoms with E-state index in [1.54, 1.807) is 6.92 Å². The first kappa shape index (κ1) is 9.45. The second kappa shape index (κ2) is 4.40. The van der Waals surface area contributed by atoms with Gasteiger partial charge in [0, 0.05) is 18.9 Å². The minimum absolute atomic E-state index is 0.705. The van der Waals surface area contributed by atoms with Gasteiger partial charge in [0.05, 0.1) is 0 Å². The second-order valence-corrected chi connectivity index (χ2v) is 2.73. The molecule has 0 aliphatic rings. The number of carbonyl (C=O) groups excluding carboxylic acids is 1. The predicted octanol–water partition coefficient (Wildman–Crippen LogP) is 1.03. The van der Waals surface area contributed by atoms with E-state index in [0.717, 1.165) is 11.8 Å². The van der Waals surface area contributed by atoms with Crippen molar-refractivity contribution >= 4 is 6.29 Å². The molecule has 0 aromatic carbocycles. The van der Waals surface area contributed by atoms with Crippen molar-refractivity contribution in [1.82, 2.24) is 4.57 Å². The maximum absolute atomic E-state index is 10.1. The number of carbonyl (C=O) groups is 1. The van der Waals surface area contributed by atoms with E-state index in [1.165, 1.54) is 6.08 Å². The molecule has 0 fully saturated rings. The molecule has 0 N–H and O–H groups in total. The maximum atomic E-state index is 10.1. The Bertz CT molecular complexity index is 388. The molecule has 0 amide bonds. The van der Waals surface area contributed by atoms with Crippen LogP contribution in [0.5, 0.6) is 0 Å². The van der Waals surface area contributed by atoms with E-state index in [0.29, 0.717) is 5.70 Å². The number of pyridine rings is 1. The van der Waals surface area contributed by atoms with Gasteiger partial charge in [0.25, 0.3) is 0 Å². The minimum Gasteiger partial charge on any atom is -0.336 e. The number of aromatic nitrogens is 1. The molecule has 1 heterocycles. The minimum atomic E-state index is 0.705. The molecular formula is C10H12N2O. The Morgan fingerprint density at radius 1 is 1.54 bits per heavy atom. The summed E-state index contributed by atoms with van der Waals surface area (Å²) in [4.78, 5) is 14.4. The largest absolute Gasteiger partial charge is 0.336 e. The summed E-state index contributed by atoms with van der Waals surface area (Å²) in [7, 11) is 1.91. The van der Waals surface area contributed by atoms with Crippen molar-refractivity contribution in [3.8, 4) is 0 Å². The quantitative estimate of drug-likeness (QED) is 0.489. The van der Waals surface area contributed by atoms with Crippen LogP contribution < -0.4 is 5.49 Å². The fourth-order valence-electron chi connectivity index (χ4n) is 0.947. The lowest BCUT2D eigenvalue weighted by Crippen LogP contribution is -2.15. The lowest BCUT2D eigenvalue weighted by atomic mass is 10.4. The summed E-state index contributed by atoms with van der Waals surface area (Å²) in [5.41, 5.74) is 1.54. The first-order chi connectivity index (χ1) is 6.24. The van der Waals surface area contributed by atoms with Gasteiger partial charge in [-0.3, -0.25) is 4.79 Å². The smallest absolute Gasteiger partial charge is 0.144 e. The number of hydrogen-bond donors (Lipinski definition) is 0. The number of rotatable bonds is 2. The molecule has 0 bridgehead atoms. The summed E-state index contributed by atoms with van der Waals surface area (Å²) >= 11 is 0. The number of nitrogens with zero attached hydrogens (tertiary/aromatic N) is 2. The highest BCUT2D eigenvalue weighted by molar-refractivity contribution is 5.65. The van der Waals surface area contributed by atoms with Crippen LogP contribution in [-0.4, -0.2) is 10.9 Å². The molecule has 0 saturated heterocycles. The third-order valence-corrected chi connectivity index (χ3v) is 1.63. The van der Waals surface area contributed by atoms with E-state index >= 15 is 0 Å². The zero-order valence-electron chi connectivity index (χ0n) is 7.77. The Labute approximate surface area is 77.1 Å². The van der Waals surface area contributed by atoms with E-state index < -0.39 is 0 Å². The van der Waals surface area contributed by atoms with Gasteiger partial charge in [0.15, 0.2) is 0 Å². The van der Waals surface area contributed by atoms with Gasteiger partial charge in [-0.1, -0.05) is 6.07 Å². The summed E-state index contributed by atoms with van der Waals surface area (Å²) in [6.07, 6.45) is 4.09. The Balaban J connectivity index is 3.14. The number of aldehydes is 1. The molecule has 0 saturated carbocycles. The van der Waals surface area contributed by atoms with Crippen molar-refractivity contribution < 1.29 is 4.79 Å². The molecule has 3 nitrogen and oxygen atoms in total. The Morgan fingerprint density at radius 3 is 2.92 bits per heavy atom. The average molecular weight is 176 g/mol. The zero-order chi connectivity index (χ0) is 9.68. The number of aryl methyl sites for hydroxylation is 1. The topological polar surface area (TPSA) is 34.4 Å². The summed E-state index contributed by atoms with van der Waals surface area (Å²) in [5.74, 6) is 0. The van der Waals surface area contributed by atoms with Crippen molar-refractivity contribution in [2.24, 2.45) is 12.0 Å². The lowest BCUT2D eigenvalue weighted by Gasteiger charge is -1.97. The summed E-state index contributed by atoms with van der Waals surface area (Å²) in [5, 5.41) is 0. The van der Waals surface area contributed by atoms with Gasteiger partial charge in [0.2, 0.25) is 0 Å². The monoisotopic (exact) mass is 176 g/mol. The van der Waals surface area contributed by atoms with Crippen LogP contribution in [0.15, 0.2) is 41.2 Å². The summed E-state index contributed by atoms with van der Waals surface area (Å²) in [6.45, 7) is 1.79. The van der Waals surface area contributed by atoms with Crippen molar-refractivity contribution in [2.45, 2.75) is 6.92 Å². The SMILES string of the molecule is C/C(=C\C=O)N=c1ccccn1C. The van der Waals surface area contributed by atoms with Crippen LogP contribution in [0.2, 0.25) is 0 Å². The van der Waals surface area contributed by atoms with E-state index in [9.17, 15) is 4.79 Å². The first-order valence-electron chi connectivity index (χ1n) is 4.02. The van der Waals surface area contributed by atoms with Gasteiger partial charge in [-0.05, 0) is 25.1 Å². The number of allylic oxidation sites excluding steroid dienone is 2. The molecule has 0 atom stereocenters. The first-order valence-corrected chi connectivity index (χ1v) is 4.02. The van der Waals surface area contributed by atoms with E-state index in [-0.39, 0.29) is 0 Å². The third-order valence-electron chi connectivity index (χ3n) is 1.63. The molecule has 0 aliphatic carbocycles. The molecule has 0 unspecified atom stereocenters. The molecule has 1 aromatic heterocycles.